The van der Waals surface area contributed by atoms with Crippen molar-refractivity contribution >= 4 is 26.7 Å². The van der Waals surface area contributed by atoms with Crippen molar-refractivity contribution in [3.8, 4) is 28.8 Å². The van der Waals surface area contributed by atoms with Crippen LogP contribution in [-0.2, 0) is 10.0 Å². The molecule has 0 amide bonds. The number of ether oxygens (including phenoxy) is 1. The largest absolute Gasteiger partial charge is 0.454 e. The summed E-state index contributed by atoms with van der Waals surface area (Å²) >= 11 is 0.912. The van der Waals surface area contributed by atoms with Gasteiger partial charge >= 0.3 is 0 Å². The highest BCUT2D eigenvalue weighted by molar-refractivity contribution is 7.93. The highest BCUT2D eigenvalue weighted by Crippen LogP contribution is 2.34. The third kappa shape index (κ3) is 4.53. The normalized spacial score (nSPS) is 11.0. The van der Waals surface area contributed by atoms with E-state index in [0.717, 1.165) is 22.7 Å². The monoisotopic (exact) mass is 449 g/mol. The standard InChI is InChI=1S/C21H15N5O3S2/c1-14-4-6-15(7-5-14)20-19(3-2-10-23-20)29-18-9-8-17(11-16(18)12-22)31(27,28)26-21-24-13-25-30-21/h2-11,13H,1H3,(H,24,25,26). The molecule has 0 aliphatic carbocycles. The molecule has 0 atom stereocenters. The summed E-state index contributed by atoms with van der Waals surface area (Å²) in [6.45, 7) is 1.99. The van der Waals surface area contributed by atoms with E-state index in [4.69, 9.17) is 4.74 Å². The lowest BCUT2D eigenvalue weighted by Crippen LogP contribution is -2.13. The van der Waals surface area contributed by atoms with Crippen molar-refractivity contribution in [1.29, 1.82) is 5.26 Å². The van der Waals surface area contributed by atoms with Gasteiger partial charge in [0, 0.05) is 23.3 Å². The SMILES string of the molecule is Cc1ccc(-c2ncccc2Oc2ccc(S(=O)(=O)Nc3ncns3)cc2C#N)cc1. The Labute approximate surface area is 183 Å². The molecule has 0 saturated carbocycles. The molecule has 4 rings (SSSR count). The van der Waals surface area contributed by atoms with E-state index >= 15 is 0 Å². The summed E-state index contributed by atoms with van der Waals surface area (Å²) in [7, 11) is -3.92. The van der Waals surface area contributed by atoms with Gasteiger partial charge in [-0.05, 0) is 37.3 Å². The van der Waals surface area contributed by atoms with E-state index < -0.39 is 10.0 Å². The molecule has 154 valence electrons. The lowest BCUT2D eigenvalue weighted by Gasteiger charge is -2.13. The smallest absolute Gasteiger partial charge is 0.263 e. The fraction of sp³-hybridized carbons (Fsp3) is 0.0476. The Morgan fingerprint density at radius 1 is 1.06 bits per heavy atom. The zero-order chi connectivity index (χ0) is 21.8. The van der Waals surface area contributed by atoms with Crippen LogP contribution in [0.2, 0.25) is 0 Å². The van der Waals surface area contributed by atoms with Crippen LogP contribution in [0, 0.1) is 18.3 Å². The molecule has 0 spiro atoms. The van der Waals surface area contributed by atoms with Crippen LogP contribution in [0.3, 0.4) is 0 Å². The molecule has 0 radical (unpaired) electrons. The van der Waals surface area contributed by atoms with Crippen LogP contribution in [0.4, 0.5) is 5.13 Å². The van der Waals surface area contributed by atoms with Gasteiger partial charge in [-0.3, -0.25) is 9.71 Å². The molecule has 0 aliphatic heterocycles. The number of hydrogen-bond donors (Lipinski definition) is 1. The molecule has 0 aliphatic rings. The number of nitrogens with one attached hydrogen (secondary N) is 1. The summed E-state index contributed by atoms with van der Waals surface area (Å²) in [6, 6.07) is 17.3. The summed E-state index contributed by atoms with van der Waals surface area (Å²) in [6.07, 6.45) is 2.90. The second kappa shape index (κ2) is 8.51. The highest BCUT2D eigenvalue weighted by atomic mass is 32.2. The first-order chi connectivity index (χ1) is 15.0. The van der Waals surface area contributed by atoms with Crippen LogP contribution in [0.5, 0.6) is 11.5 Å². The Morgan fingerprint density at radius 2 is 1.87 bits per heavy atom. The maximum atomic E-state index is 12.6. The van der Waals surface area contributed by atoms with Gasteiger partial charge in [0.2, 0.25) is 5.13 Å². The predicted molar refractivity (Wildman–Crippen MR) is 116 cm³/mol. The zero-order valence-electron chi connectivity index (χ0n) is 16.2. The average Bonchev–Trinajstić information content (AvgIpc) is 3.27. The topological polar surface area (TPSA) is 118 Å². The first kappa shape index (κ1) is 20.5. The zero-order valence-corrected chi connectivity index (χ0v) is 17.8. The Morgan fingerprint density at radius 3 is 2.58 bits per heavy atom. The number of aromatic nitrogens is 3. The van der Waals surface area contributed by atoms with Gasteiger partial charge in [-0.15, -0.1) is 0 Å². The molecule has 0 fully saturated rings. The Kier molecular flexibility index (Phi) is 5.62. The quantitative estimate of drug-likeness (QED) is 0.464. The number of anilines is 1. The second-order valence-electron chi connectivity index (χ2n) is 6.44. The van der Waals surface area contributed by atoms with E-state index in [1.165, 1.54) is 24.5 Å². The van der Waals surface area contributed by atoms with Crippen molar-refractivity contribution in [1.82, 2.24) is 14.3 Å². The fourth-order valence-corrected chi connectivity index (χ4v) is 4.45. The van der Waals surface area contributed by atoms with Gasteiger partial charge in [-0.1, -0.05) is 29.8 Å². The van der Waals surface area contributed by atoms with Gasteiger partial charge in [0.25, 0.3) is 10.0 Å². The molecular formula is C21H15N5O3S2. The Hall–Kier alpha value is -3.81. The molecule has 1 N–H and O–H groups in total. The van der Waals surface area contributed by atoms with Crippen LogP contribution < -0.4 is 9.46 Å². The van der Waals surface area contributed by atoms with E-state index in [-0.39, 0.29) is 21.3 Å². The molecule has 2 aromatic heterocycles. The van der Waals surface area contributed by atoms with Crippen LogP contribution >= 0.6 is 11.5 Å². The van der Waals surface area contributed by atoms with Crippen molar-refractivity contribution in [3.63, 3.8) is 0 Å². The molecule has 4 aromatic rings. The molecule has 10 heteroatoms. The van der Waals surface area contributed by atoms with Crippen molar-refractivity contribution in [2.24, 2.45) is 0 Å². The third-order valence-electron chi connectivity index (χ3n) is 4.28. The summed E-state index contributed by atoms with van der Waals surface area (Å²) in [5, 5.41) is 9.72. The maximum Gasteiger partial charge on any atom is 0.263 e. The average molecular weight is 450 g/mol. The number of pyridine rings is 1. The minimum atomic E-state index is -3.92. The highest BCUT2D eigenvalue weighted by Gasteiger charge is 2.19. The Bertz CT molecular complexity index is 1360. The molecule has 2 heterocycles. The number of nitriles is 1. The van der Waals surface area contributed by atoms with Gasteiger partial charge in [0.1, 0.15) is 23.8 Å². The lowest BCUT2D eigenvalue weighted by molar-refractivity contribution is 0.480. The second-order valence-corrected chi connectivity index (χ2v) is 8.90. The van der Waals surface area contributed by atoms with Gasteiger partial charge < -0.3 is 4.74 Å². The molecule has 2 aromatic carbocycles. The van der Waals surface area contributed by atoms with E-state index in [2.05, 4.69) is 19.1 Å². The van der Waals surface area contributed by atoms with Crippen LogP contribution in [-0.4, -0.2) is 22.8 Å². The molecular weight excluding hydrogens is 434 g/mol. The summed E-state index contributed by atoms with van der Waals surface area (Å²) in [5.74, 6) is 0.671. The number of sulfonamides is 1. The van der Waals surface area contributed by atoms with Crippen LogP contribution in [0.1, 0.15) is 11.1 Å². The molecule has 0 unspecified atom stereocenters. The lowest BCUT2D eigenvalue weighted by atomic mass is 10.1. The van der Waals surface area contributed by atoms with Crippen molar-refractivity contribution in [2.75, 3.05) is 4.72 Å². The van der Waals surface area contributed by atoms with Gasteiger partial charge in [0.05, 0.1) is 10.5 Å². The third-order valence-corrected chi connectivity index (χ3v) is 6.33. The minimum Gasteiger partial charge on any atom is -0.454 e. The first-order valence-corrected chi connectivity index (χ1v) is 11.3. The van der Waals surface area contributed by atoms with Crippen LogP contribution in [0.15, 0.2) is 72.0 Å². The first-order valence-electron chi connectivity index (χ1n) is 9.00. The van der Waals surface area contributed by atoms with Gasteiger partial charge in [0.15, 0.2) is 5.75 Å². The van der Waals surface area contributed by atoms with E-state index in [1.54, 1.807) is 18.3 Å². The molecule has 31 heavy (non-hydrogen) atoms. The number of aryl methyl sites for hydroxylation is 1. The summed E-state index contributed by atoms with van der Waals surface area (Å²) in [5.41, 5.74) is 2.66. The number of hydrogen-bond acceptors (Lipinski definition) is 8. The van der Waals surface area contributed by atoms with E-state index in [1.807, 2.05) is 37.3 Å². The van der Waals surface area contributed by atoms with Gasteiger partial charge in [-0.25, -0.2) is 13.4 Å². The van der Waals surface area contributed by atoms with Crippen molar-refractivity contribution in [2.45, 2.75) is 11.8 Å². The predicted octanol–water partition coefficient (Wildman–Crippen LogP) is 4.37. The van der Waals surface area contributed by atoms with Crippen molar-refractivity contribution < 1.29 is 13.2 Å². The molecule has 0 saturated heterocycles. The minimum absolute atomic E-state index is 0.0684. The fourth-order valence-electron chi connectivity index (χ4n) is 2.76. The number of nitrogens with zero attached hydrogens (tertiary/aromatic N) is 4. The summed E-state index contributed by atoms with van der Waals surface area (Å²) < 4.78 is 37.2. The van der Waals surface area contributed by atoms with E-state index in [9.17, 15) is 13.7 Å². The summed E-state index contributed by atoms with van der Waals surface area (Å²) in [4.78, 5) is 8.12. The maximum absolute atomic E-state index is 12.6. The van der Waals surface area contributed by atoms with Crippen LogP contribution in [0.25, 0.3) is 11.3 Å². The molecule has 8 nitrogen and oxygen atoms in total. The van der Waals surface area contributed by atoms with E-state index in [0.29, 0.717) is 11.4 Å². The van der Waals surface area contributed by atoms with Crippen molar-refractivity contribution in [3.05, 3.63) is 78.2 Å². The number of rotatable bonds is 6. The molecule has 0 bridgehead atoms. The Balaban J connectivity index is 1.66. The number of benzene rings is 2. The van der Waals surface area contributed by atoms with Gasteiger partial charge in [-0.2, -0.15) is 9.64 Å².